The van der Waals surface area contributed by atoms with E-state index in [1.54, 1.807) is 0 Å². The van der Waals surface area contributed by atoms with Gasteiger partial charge in [-0.1, -0.05) is 68.4 Å². The lowest BCUT2D eigenvalue weighted by atomic mass is 9.82. The quantitative estimate of drug-likeness (QED) is 0.266. The summed E-state index contributed by atoms with van der Waals surface area (Å²) in [5.74, 6) is 2.97. The molecule has 0 amide bonds. The Bertz CT molecular complexity index is 1590. The van der Waals surface area contributed by atoms with Gasteiger partial charge in [-0.2, -0.15) is 0 Å². The minimum atomic E-state index is -0.0736. The Morgan fingerprint density at radius 1 is 0.606 bits per heavy atom. The lowest BCUT2D eigenvalue weighted by Gasteiger charge is -2.25. The largest absolute Gasteiger partial charge is 0.450 e. The number of hydrogen-bond acceptors (Lipinski definition) is 3. The van der Waals surface area contributed by atoms with Crippen LogP contribution in [0.2, 0.25) is 0 Å². The second-order valence-electron chi connectivity index (χ2n) is 9.26. The molecule has 1 aliphatic carbocycles. The van der Waals surface area contributed by atoms with Crippen molar-refractivity contribution in [2.45, 2.75) is 19.3 Å². The number of para-hydroxylation sites is 1. The number of hydrogen-bond donors (Lipinski definition) is 0. The predicted octanol–water partition coefficient (Wildman–Crippen LogP) is 8.11. The van der Waals surface area contributed by atoms with Gasteiger partial charge in [0.1, 0.15) is 0 Å². The molecular formula is C30H21NO2. The molecule has 158 valence electrons. The van der Waals surface area contributed by atoms with Crippen molar-refractivity contribution >= 4 is 10.9 Å². The second-order valence-corrected chi connectivity index (χ2v) is 9.26. The Morgan fingerprint density at radius 2 is 1.36 bits per heavy atom. The van der Waals surface area contributed by atoms with Crippen LogP contribution < -0.4 is 9.47 Å². The molecule has 1 aromatic heterocycles. The molecule has 0 saturated heterocycles. The lowest BCUT2D eigenvalue weighted by Crippen LogP contribution is -2.15. The molecule has 0 unspecified atom stereocenters. The highest BCUT2D eigenvalue weighted by Crippen LogP contribution is 2.55. The average Bonchev–Trinajstić information content (AvgIpc) is 3.07. The number of benzene rings is 4. The third kappa shape index (κ3) is 2.59. The van der Waals surface area contributed by atoms with E-state index in [4.69, 9.17) is 9.47 Å². The van der Waals surface area contributed by atoms with Gasteiger partial charge in [0.05, 0.1) is 5.52 Å². The van der Waals surface area contributed by atoms with Crippen molar-refractivity contribution in [2.24, 2.45) is 0 Å². The summed E-state index contributed by atoms with van der Waals surface area (Å²) >= 11 is 0. The molecule has 0 bridgehead atoms. The fraction of sp³-hybridized carbons (Fsp3) is 0.100. The van der Waals surface area contributed by atoms with E-state index in [2.05, 4.69) is 85.6 Å². The number of rotatable bonds is 1. The highest BCUT2D eigenvalue weighted by atomic mass is 16.6. The van der Waals surface area contributed by atoms with Gasteiger partial charge in [0.25, 0.3) is 0 Å². The van der Waals surface area contributed by atoms with Crippen molar-refractivity contribution in [2.75, 3.05) is 0 Å². The van der Waals surface area contributed by atoms with Gasteiger partial charge in [0.15, 0.2) is 23.0 Å². The van der Waals surface area contributed by atoms with E-state index in [1.165, 1.54) is 22.3 Å². The number of pyridine rings is 1. The van der Waals surface area contributed by atoms with Crippen LogP contribution >= 0.6 is 0 Å². The molecule has 3 heteroatoms. The normalized spacial score (nSPS) is 14.5. The van der Waals surface area contributed by atoms with E-state index in [0.29, 0.717) is 0 Å². The first-order valence-electron chi connectivity index (χ1n) is 11.2. The monoisotopic (exact) mass is 427 g/mol. The van der Waals surface area contributed by atoms with Gasteiger partial charge >= 0.3 is 0 Å². The summed E-state index contributed by atoms with van der Waals surface area (Å²) in [5.41, 5.74) is 8.14. The third-order valence-corrected chi connectivity index (χ3v) is 6.98. The molecule has 1 aliphatic heterocycles. The molecule has 0 saturated carbocycles. The topological polar surface area (TPSA) is 31.4 Å². The van der Waals surface area contributed by atoms with Crippen molar-refractivity contribution < 1.29 is 9.47 Å². The van der Waals surface area contributed by atoms with Crippen LogP contribution in [0.15, 0.2) is 91.1 Å². The summed E-state index contributed by atoms with van der Waals surface area (Å²) in [4.78, 5) is 4.61. The van der Waals surface area contributed by atoms with Crippen molar-refractivity contribution in [1.82, 2.24) is 4.98 Å². The van der Waals surface area contributed by atoms with Crippen molar-refractivity contribution in [1.29, 1.82) is 0 Å². The van der Waals surface area contributed by atoms with Crippen LogP contribution in [0.1, 0.15) is 25.0 Å². The molecule has 4 aromatic carbocycles. The van der Waals surface area contributed by atoms with Crippen LogP contribution in [0.25, 0.3) is 33.2 Å². The fourth-order valence-electron chi connectivity index (χ4n) is 5.28. The number of fused-ring (bicyclic) bond motifs is 6. The second kappa shape index (κ2) is 6.46. The Labute approximate surface area is 192 Å². The molecular weight excluding hydrogens is 406 g/mol. The Balaban J connectivity index is 1.34. The van der Waals surface area contributed by atoms with E-state index in [-0.39, 0.29) is 5.41 Å². The van der Waals surface area contributed by atoms with Crippen LogP contribution in [0, 0.1) is 0 Å². The Kier molecular flexibility index (Phi) is 3.61. The molecule has 2 aliphatic rings. The predicted molar refractivity (Wildman–Crippen MR) is 131 cm³/mol. The number of aromatic nitrogens is 1. The zero-order chi connectivity index (χ0) is 22.2. The molecule has 3 nitrogen and oxygen atoms in total. The van der Waals surface area contributed by atoms with Crippen molar-refractivity contribution in [3.8, 4) is 45.3 Å². The van der Waals surface area contributed by atoms with Crippen molar-refractivity contribution in [3.05, 3.63) is 102 Å². The Hall–Kier alpha value is -4.11. The molecule has 0 radical (unpaired) electrons. The van der Waals surface area contributed by atoms with Gasteiger partial charge in [-0.15, -0.1) is 0 Å². The summed E-state index contributed by atoms with van der Waals surface area (Å²) in [6.07, 6.45) is 1.83. The molecule has 33 heavy (non-hydrogen) atoms. The third-order valence-electron chi connectivity index (χ3n) is 6.98. The molecule has 0 N–H and O–H groups in total. The summed E-state index contributed by atoms with van der Waals surface area (Å²) in [6, 6.07) is 29.3. The summed E-state index contributed by atoms with van der Waals surface area (Å²) < 4.78 is 12.7. The van der Waals surface area contributed by atoms with E-state index in [9.17, 15) is 0 Å². The van der Waals surface area contributed by atoms with Crippen LogP contribution in [-0.2, 0) is 5.41 Å². The van der Waals surface area contributed by atoms with E-state index >= 15 is 0 Å². The zero-order valence-corrected chi connectivity index (χ0v) is 18.4. The summed E-state index contributed by atoms with van der Waals surface area (Å²) in [7, 11) is 0. The van der Waals surface area contributed by atoms with Gasteiger partial charge in [0, 0.05) is 22.6 Å². The highest BCUT2D eigenvalue weighted by molar-refractivity contribution is 5.94. The van der Waals surface area contributed by atoms with Gasteiger partial charge < -0.3 is 9.47 Å². The fourth-order valence-corrected chi connectivity index (χ4v) is 5.28. The van der Waals surface area contributed by atoms with Crippen LogP contribution in [0.5, 0.6) is 23.0 Å². The zero-order valence-electron chi connectivity index (χ0n) is 18.4. The first-order chi connectivity index (χ1) is 16.1. The van der Waals surface area contributed by atoms with Gasteiger partial charge in [-0.25, -0.2) is 0 Å². The lowest BCUT2D eigenvalue weighted by molar-refractivity contribution is 0.359. The van der Waals surface area contributed by atoms with Crippen LogP contribution in [0.4, 0.5) is 0 Å². The standard InChI is InChI=1S/C30H21NO2/c1-30(2)23-11-4-3-9-21(23)22-16-27-28(17-24(22)30)32-25-13-12-19(15-26(25)33-27)20-10-5-7-18-8-6-14-31-29(18)20/h3-17H,1-2H3. The minimum Gasteiger partial charge on any atom is -0.450 e. The first-order valence-corrected chi connectivity index (χ1v) is 11.2. The summed E-state index contributed by atoms with van der Waals surface area (Å²) in [5, 5.41) is 1.12. The highest BCUT2D eigenvalue weighted by Gasteiger charge is 2.37. The first kappa shape index (κ1) is 18.5. The van der Waals surface area contributed by atoms with Gasteiger partial charge in [-0.05, 0) is 58.1 Å². The maximum absolute atomic E-state index is 6.41. The number of nitrogens with zero attached hydrogens (tertiary/aromatic N) is 1. The smallest absolute Gasteiger partial charge is 0.170 e. The van der Waals surface area contributed by atoms with Crippen LogP contribution in [-0.4, -0.2) is 4.98 Å². The van der Waals surface area contributed by atoms with E-state index in [0.717, 1.165) is 45.0 Å². The summed E-state index contributed by atoms with van der Waals surface area (Å²) in [6.45, 7) is 4.54. The minimum absolute atomic E-state index is 0.0736. The molecule has 7 rings (SSSR count). The molecule has 0 spiro atoms. The van der Waals surface area contributed by atoms with E-state index in [1.807, 2.05) is 24.4 Å². The van der Waals surface area contributed by atoms with Gasteiger partial charge in [-0.3, -0.25) is 4.98 Å². The maximum atomic E-state index is 6.41. The SMILES string of the molecule is CC1(C)c2ccccc2-c2cc3c(cc21)Oc1ccc(-c2cccc4cccnc24)cc1O3. The van der Waals surface area contributed by atoms with Crippen molar-refractivity contribution in [3.63, 3.8) is 0 Å². The molecule has 2 heterocycles. The molecule has 0 fully saturated rings. The molecule has 0 atom stereocenters. The van der Waals surface area contributed by atoms with Crippen LogP contribution in [0.3, 0.4) is 0 Å². The number of ether oxygens (including phenoxy) is 2. The Morgan fingerprint density at radius 3 is 2.30 bits per heavy atom. The average molecular weight is 428 g/mol. The van der Waals surface area contributed by atoms with E-state index < -0.39 is 0 Å². The molecule has 5 aromatic rings. The maximum Gasteiger partial charge on any atom is 0.170 e. The van der Waals surface area contributed by atoms with Gasteiger partial charge in [0.2, 0.25) is 0 Å².